The summed E-state index contributed by atoms with van der Waals surface area (Å²) in [4.78, 5) is 16.2. The number of aryl methyl sites for hydroxylation is 1. The van der Waals surface area contributed by atoms with E-state index in [9.17, 15) is 4.79 Å². The second kappa shape index (κ2) is 3.08. The van der Waals surface area contributed by atoms with Crippen LogP contribution in [-0.2, 0) is 17.8 Å². The first kappa shape index (κ1) is 8.65. The van der Waals surface area contributed by atoms with Gasteiger partial charge in [0.15, 0.2) is 0 Å². The topological polar surface area (TPSA) is 62.2 Å². The summed E-state index contributed by atoms with van der Waals surface area (Å²) in [6.45, 7) is 2.58. The number of nitrogens with zero attached hydrogens (tertiary/aromatic N) is 1. The Kier molecular flexibility index (Phi) is 2.05. The first-order valence-electron chi connectivity index (χ1n) is 4.08. The molecule has 1 atom stereocenters. The Hall–Kier alpha value is -0.940. The predicted molar refractivity (Wildman–Crippen MR) is 48.8 cm³/mol. The zero-order chi connectivity index (χ0) is 9.42. The van der Waals surface area contributed by atoms with Gasteiger partial charge < -0.3 is 5.11 Å². The van der Waals surface area contributed by atoms with Crippen molar-refractivity contribution in [3.63, 3.8) is 0 Å². The number of carbonyl (C=O) groups is 1. The summed E-state index contributed by atoms with van der Waals surface area (Å²) in [5.41, 5.74) is 0.952. The summed E-state index contributed by atoms with van der Waals surface area (Å²) in [5, 5.41) is 12.8. The number of hydrogen-bond acceptors (Lipinski definition) is 4. The van der Waals surface area contributed by atoms with Crippen molar-refractivity contribution in [2.75, 3.05) is 0 Å². The molecule has 13 heavy (non-hydrogen) atoms. The van der Waals surface area contributed by atoms with Crippen LogP contribution in [0.5, 0.6) is 0 Å². The lowest BCUT2D eigenvalue weighted by atomic mass is 10.1. The van der Waals surface area contributed by atoms with Crippen LogP contribution in [0, 0.1) is 6.92 Å². The third kappa shape index (κ3) is 1.57. The van der Waals surface area contributed by atoms with Gasteiger partial charge in [-0.05, 0) is 6.92 Å². The highest BCUT2D eigenvalue weighted by atomic mass is 32.1. The van der Waals surface area contributed by atoms with E-state index in [0.717, 1.165) is 10.7 Å². The second-order valence-electron chi connectivity index (χ2n) is 3.08. The molecule has 0 amide bonds. The zero-order valence-electron chi connectivity index (χ0n) is 7.20. The maximum absolute atomic E-state index is 10.7. The predicted octanol–water partition coefficient (Wildman–Crippen LogP) is 0.550. The van der Waals surface area contributed by atoms with Crippen molar-refractivity contribution in [2.24, 2.45) is 0 Å². The van der Waals surface area contributed by atoms with Gasteiger partial charge in [-0.2, -0.15) is 0 Å². The van der Waals surface area contributed by atoms with Crippen LogP contribution in [0.15, 0.2) is 0 Å². The van der Waals surface area contributed by atoms with Crippen LogP contribution in [0.3, 0.4) is 0 Å². The highest BCUT2D eigenvalue weighted by Gasteiger charge is 2.25. The number of aliphatic carboxylic acids is 1. The number of hydrogen-bond donors (Lipinski definition) is 2. The van der Waals surface area contributed by atoms with Gasteiger partial charge in [0.25, 0.3) is 0 Å². The molecule has 0 saturated carbocycles. The highest BCUT2D eigenvalue weighted by Crippen LogP contribution is 2.22. The molecule has 1 aromatic heterocycles. The molecule has 2 heterocycles. The molecule has 0 aromatic carbocycles. The molecule has 0 fully saturated rings. The lowest BCUT2D eigenvalue weighted by Gasteiger charge is -2.18. The van der Waals surface area contributed by atoms with Crippen molar-refractivity contribution in [2.45, 2.75) is 25.9 Å². The summed E-state index contributed by atoms with van der Waals surface area (Å²) in [7, 11) is 0. The third-order valence-corrected chi connectivity index (χ3v) is 3.10. The lowest BCUT2D eigenvalue weighted by Crippen LogP contribution is -2.41. The monoisotopic (exact) mass is 198 g/mol. The zero-order valence-corrected chi connectivity index (χ0v) is 8.02. The van der Waals surface area contributed by atoms with E-state index in [4.69, 9.17) is 5.11 Å². The van der Waals surface area contributed by atoms with Gasteiger partial charge in [-0.3, -0.25) is 10.1 Å². The molecule has 1 aromatic rings. The van der Waals surface area contributed by atoms with E-state index in [1.165, 1.54) is 4.88 Å². The fraction of sp³-hybridized carbons (Fsp3) is 0.500. The molecule has 2 N–H and O–H groups in total. The molecule has 1 unspecified atom stereocenters. The molecule has 5 heteroatoms. The molecular weight excluding hydrogens is 188 g/mol. The molecule has 0 bridgehead atoms. The number of carboxylic acids is 1. The highest BCUT2D eigenvalue weighted by molar-refractivity contribution is 7.11. The van der Waals surface area contributed by atoms with E-state index in [1.54, 1.807) is 11.3 Å². The number of aromatic nitrogens is 1. The molecule has 0 spiro atoms. The van der Waals surface area contributed by atoms with E-state index in [0.29, 0.717) is 13.0 Å². The van der Waals surface area contributed by atoms with Crippen molar-refractivity contribution in [3.05, 3.63) is 15.6 Å². The van der Waals surface area contributed by atoms with Gasteiger partial charge in [-0.25, -0.2) is 4.98 Å². The minimum absolute atomic E-state index is 0.464. The number of fused-ring (bicyclic) bond motifs is 1. The van der Waals surface area contributed by atoms with Gasteiger partial charge >= 0.3 is 5.97 Å². The molecule has 70 valence electrons. The van der Waals surface area contributed by atoms with Crippen molar-refractivity contribution < 1.29 is 9.90 Å². The molecule has 0 radical (unpaired) electrons. The van der Waals surface area contributed by atoms with Gasteiger partial charge in [-0.15, -0.1) is 11.3 Å². The molecule has 0 saturated heterocycles. The number of rotatable bonds is 1. The first-order chi connectivity index (χ1) is 6.16. The average molecular weight is 198 g/mol. The summed E-state index contributed by atoms with van der Waals surface area (Å²) < 4.78 is 0. The minimum Gasteiger partial charge on any atom is -0.480 e. The number of thiazole rings is 1. The van der Waals surface area contributed by atoms with Crippen molar-refractivity contribution >= 4 is 17.3 Å². The van der Waals surface area contributed by atoms with Crippen molar-refractivity contribution in [3.8, 4) is 0 Å². The van der Waals surface area contributed by atoms with E-state index in [-0.39, 0.29) is 0 Å². The van der Waals surface area contributed by atoms with Gasteiger partial charge in [0, 0.05) is 17.8 Å². The van der Waals surface area contributed by atoms with Crippen molar-refractivity contribution in [1.82, 2.24) is 10.3 Å². The maximum Gasteiger partial charge on any atom is 0.321 e. The molecule has 4 nitrogen and oxygen atoms in total. The van der Waals surface area contributed by atoms with E-state index in [1.807, 2.05) is 6.92 Å². The van der Waals surface area contributed by atoms with Gasteiger partial charge in [0.05, 0.1) is 10.7 Å². The smallest absolute Gasteiger partial charge is 0.321 e. The Bertz CT molecular complexity index is 348. The normalized spacial score (nSPS) is 21.2. The number of nitrogens with one attached hydrogen (secondary N) is 1. The third-order valence-electron chi connectivity index (χ3n) is 2.09. The fourth-order valence-corrected chi connectivity index (χ4v) is 2.38. The van der Waals surface area contributed by atoms with Crippen LogP contribution in [0.4, 0.5) is 0 Å². The first-order valence-corrected chi connectivity index (χ1v) is 4.90. The molecule has 2 rings (SSSR count). The Morgan fingerprint density at radius 1 is 1.77 bits per heavy atom. The van der Waals surface area contributed by atoms with E-state index >= 15 is 0 Å². The van der Waals surface area contributed by atoms with Crippen LogP contribution in [0.25, 0.3) is 0 Å². The van der Waals surface area contributed by atoms with Gasteiger partial charge in [-0.1, -0.05) is 0 Å². The molecular formula is C8H10N2O2S. The standard InChI is InChI=1S/C8H10N2O2S/c1-4-10-5-2-6(8(11)12)9-3-7(5)13-4/h6,9H,2-3H2,1H3,(H,11,12). The second-order valence-corrected chi connectivity index (χ2v) is 4.37. The Morgan fingerprint density at radius 3 is 3.23 bits per heavy atom. The Labute approximate surface area is 79.6 Å². The molecule has 0 aliphatic carbocycles. The van der Waals surface area contributed by atoms with Gasteiger partial charge in [0.2, 0.25) is 0 Å². The van der Waals surface area contributed by atoms with Crippen LogP contribution < -0.4 is 5.32 Å². The lowest BCUT2D eigenvalue weighted by molar-refractivity contribution is -0.139. The maximum atomic E-state index is 10.7. The molecule has 1 aliphatic heterocycles. The summed E-state index contributed by atoms with van der Waals surface area (Å²) in [6.07, 6.45) is 0.509. The number of carboxylic acid groups (broad SMARTS) is 1. The van der Waals surface area contributed by atoms with Crippen LogP contribution in [0.2, 0.25) is 0 Å². The van der Waals surface area contributed by atoms with E-state index in [2.05, 4.69) is 10.3 Å². The summed E-state index contributed by atoms with van der Waals surface area (Å²) >= 11 is 1.64. The van der Waals surface area contributed by atoms with Crippen LogP contribution in [0.1, 0.15) is 15.6 Å². The summed E-state index contributed by atoms with van der Waals surface area (Å²) in [6, 6.07) is -0.464. The average Bonchev–Trinajstić information content (AvgIpc) is 2.42. The quantitative estimate of drug-likeness (QED) is 0.691. The minimum atomic E-state index is -0.795. The SMILES string of the molecule is Cc1nc2c(s1)CNC(C(=O)O)C2. The van der Waals surface area contributed by atoms with E-state index < -0.39 is 12.0 Å². The molecule has 1 aliphatic rings. The van der Waals surface area contributed by atoms with Gasteiger partial charge in [0.1, 0.15) is 6.04 Å². The summed E-state index contributed by atoms with van der Waals surface area (Å²) in [5.74, 6) is -0.795. The Balaban J connectivity index is 2.24. The Morgan fingerprint density at radius 2 is 2.54 bits per heavy atom. The van der Waals surface area contributed by atoms with Crippen LogP contribution in [-0.4, -0.2) is 22.1 Å². The fourth-order valence-electron chi connectivity index (χ4n) is 1.47. The largest absolute Gasteiger partial charge is 0.480 e. The van der Waals surface area contributed by atoms with Crippen molar-refractivity contribution in [1.29, 1.82) is 0 Å². The van der Waals surface area contributed by atoms with Crippen LogP contribution >= 0.6 is 11.3 Å².